The summed E-state index contributed by atoms with van der Waals surface area (Å²) in [7, 11) is -8.37. The van der Waals surface area contributed by atoms with E-state index < -0.39 is 20.9 Å². The summed E-state index contributed by atoms with van der Waals surface area (Å²) in [5.74, 6) is 1.00. The molecule has 3 N–H and O–H groups in total. The summed E-state index contributed by atoms with van der Waals surface area (Å²) in [5, 5.41) is 0. The molecule has 2 rings (SSSR count). The van der Waals surface area contributed by atoms with E-state index in [-0.39, 0.29) is 112 Å². The third-order valence-electron chi connectivity index (χ3n) is 6.05. The van der Waals surface area contributed by atoms with Crippen LogP contribution in [0.3, 0.4) is 0 Å². The van der Waals surface area contributed by atoms with Gasteiger partial charge in [0.15, 0.2) is 0 Å². The van der Waals surface area contributed by atoms with Gasteiger partial charge in [-0.25, -0.2) is 0 Å². The van der Waals surface area contributed by atoms with Crippen molar-refractivity contribution in [1.29, 1.82) is 0 Å². The smallest absolute Gasteiger partial charge is 0.870 e. The van der Waals surface area contributed by atoms with Gasteiger partial charge in [-0.3, -0.25) is 14.2 Å². The molecule has 0 radical (unpaired) electrons. The molecule has 0 spiro atoms. The molecule has 2 unspecified atom stereocenters. The fourth-order valence-corrected chi connectivity index (χ4v) is 4.22. The van der Waals surface area contributed by atoms with Gasteiger partial charge < -0.3 is 39.4 Å². The Hall–Kier alpha value is 1.68. The number of rotatable bonds is 8. The van der Waals surface area contributed by atoms with Gasteiger partial charge in [0.1, 0.15) is 0 Å². The molecule has 0 aromatic rings. The van der Waals surface area contributed by atoms with Gasteiger partial charge in [-0.05, 0) is 56.8 Å². The van der Waals surface area contributed by atoms with Crippen LogP contribution in [0, 0.1) is 0 Å². The third-order valence-corrected chi connectivity index (χ3v) is 7.86. The van der Waals surface area contributed by atoms with Crippen molar-refractivity contribution >= 4 is 27.0 Å². The van der Waals surface area contributed by atoms with Crippen LogP contribution in [0.5, 0.6) is 0 Å². The third kappa shape index (κ3) is 24.8. The Bertz CT molecular complexity index is 782. The number of hydrogen-bond acceptors (Lipinski definition) is 7. The molecule has 39 heavy (non-hydrogen) atoms. The van der Waals surface area contributed by atoms with Gasteiger partial charge >= 0.3 is 96.3 Å². The topological polar surface area (TPSA) is 191 Å². The maximum Gasteiger partial charge on any atom is 1.00 e. The second-order valence-electron chi connectivity index (χ2n) is 8.78. The summed E-state index contributed by atoms with van der Waals surface area (Å²) in [6, 6.07) is 0.0691. The number of likely N-dealkylation sites (tertiary alicyclic amines) is 2. The second kappa shape index (κ2) is 27.2. The molecule has 2 saturated heterocycles. The van der Waals surface area contributed by atoms with E-state index in [0.717, 1.165) is 51.6 Å². The molecule has 0 bridgehead atoms. The van der Waals surface area contributed by atoms with E-state index in [4.69, 9.17) is 9.79 Å². The number of hydrogen-bond donors (Lipinski definition) is 2. The molecule has 0 aromatic carbocycles. The molecule has 2 aliphatic heterocycles. The molecular weight excluding hydrogens is 579 g/mol. The first-order chi connectivity index (χ1) is 16.3. The second-order valence-corrected chi connectivity index (χ2v) is 12.3. The molecule has 2 atom stereocenters. The summed E-state index contributed by atoms with van der Waals surface area (Å²) in [5.41, 5.74) is -0.844. The van der Waals surface area contributed by atoms with E-state index in [1.54, 1.807) is 11.1 Å². The van der Waals surface area contributed by atoms with Gasteiger partial charge in [0.2, 0.25) is 11.8 Å². The van der Waals surface area contributed by atoms with Crippen molar-refractivity contribution in [3.05, 3.63) is 25.2 Å². The Kier molecular flexibility index (Phi) is 35.1. The van der Waals surface area contributed by atoms with Crippen LogP contribution in [0.2, 0.25) is 0 Å². The molecule has 0 saturated carbocycles. The number of carbonyl (C=O) groups excluding carboxylic acids is 2. The quantitative estimate of drug-likeness (QED) is 0.196. The zero-order valence-corrected chi connectivity index (χ0v) is 32.3. The molecule has 212 valence electrons. The average Bonchev–Trinajstić information content (AvgIpc) is 3.13. The Labute approximate surface area is 300 Å². The van der Waals surface area contributed by atoms with Gasteiger partial charge in [-0.2, -0.15) is 0 Å². The zero-order chi connectivity index (χ0) is 27.1. The van der Waals surface area contributed by atoms with Crippen molar-refractivity contribution < 1.29 is 132 Å². The van der Waals surface area contributed by atoms with Crippen LogP contribution in [-0.4, -0.2) is 61.7 Å². The normalized spacial score (nSPS) is 17.2. The summed E-state index contributed by atoms with van der Waals surface area (Å²) in [6.07, 6.45) is 11.0. The van der Waals surface area contributed by atoms with Crippen molar-refractivity contribution in [3.63, 3.8) is 0 Å². The number of carbonyl (C=O) groups is 2. The van der Waals surface area contributed by atoms with E-state index in [9.17, 15) is 28.5 Å². The average molecular weight is 623 g/mol. The Morgan fingerprint density at radius 1 is 0.897 bits per heavy atom. The fraction of sp³-hybridized carbons (Fsp3) is 0.739. The first-order valence-corrected chi connectivity index (χ1v) is 15.5. The molecule has 2 fully saturated rings. The Morgan fingerprint density at radius 3 is 1.77 bits per heavy atom. The molecule has 11 nitrogen and oxygen atoms in total. The minimum atomic E-state index is -4.49. The van der Waals surface area contributed by atoms with E-state index in [2.05, 4.69) is 13.2 Å². The predicted octanol–water partition coefficient (Wildman–Crippen LogP) is -6.07. The van der Waals surface area contributed by atoms with Crippen LogP contribution in [0.1, 0.15) is 84.5 Å². The monoisotopic (exact) mass is 622 g/mol. The van der Waals surface area contributed by atoms with E-state index in [0.29, 0.717) is 31.5 Å². The van der Waals surface area contributed by atoms with Gasteiger partial charge in [-0.1, -0.05) is 47.4 Å². The van der Waals surface area contributed by atoms with Gasteiger partial charge in [-0.15, -0.1) is 0 Å². The van der Waals surface area contributed by atoms with Crippen LogP contribution in [0.15, 0.2) is 25.2 Å². The fourth-order valence-electron chi connectivity index (χ4n) is 3.76. The van der Waals surface area contributed by atoms with E-state index in [1.165, 1.54) is 13.3 Å². The van der Waals surface area contributed by atoms with Crippen LogP contribution >= 0.6 is 15.2 Å². The zero-order valence-electron chi connectivity index (χ0n) is 24.5. The Morgan fingerprint density at radius 2 is 1.36 bits per heavy atom. The van der Waals surface area contributed by atoms with Gasteiger partial charge in [0.05, 0.1) is 0 Å². The van der Waals surface area contributed by atoms with Gasteiger partial charge in [0.25, 0.3) is 0 Å². The maximum atomic E-state index is 12.0. The van der Waals surface area contributed by atoms with Crippen molar-refractivity contribution in [2.45, 2.75) is 96.2 Å². The van der Waals surface area contributed by atoms with Crippen molar-refractivity contribution in [3.8, 4) is 0 Å². The van der Waals surface area contributed by atoms with Crippen LogP contribution in [-0.2, 0) is 18.7 Å². The standard InChI is InChI=1S/C13H26NO4P.C8H13NO.C2H5O3P.3Na.H2O/c1-3-12(9-8-11(2)19(16,17)18)14-10-6-4-5-7-13(14)15;1-2-9-7-5-3-4-6-8(9)10;1-2-6(3,4)5;;;;/h11-12H,3-10H2,1-2H3,(H2,16,17,18);2H,1,3-7H2;2H,1H2,(H2,3,4,5);;;;1H2/q;;;3*+1;/p-3. The molecular formula is C23H43N2Na3O9P2. The van der Waals surface area contributed by atoms with E-state index in [1.807, 2.05) is 11.8 Å². The summed E-state index contributed by atoms with van der Waals surface area (Å²) < 4.78 is 20.5. The maximum absolute atomic E-state index is 12.0. The SMILES string of the molecule is C=CN1CCCCCC1=O.C=CP(=O)(O)O.CCC(CCC(C)P(=O)([O-])[O-])N1CCCCCC1=O.[Na+].[Na+].[Na+].[OH-]. The summed E-state index contributed by atoms with van der Waals surface area (Å²) in [6.45, 7) is 11.5. The molecule has 0 aromatic heterocycles. The molecule has 2 aliphatic rings. The Balaban J connectivity index is -0.000000164. The molecule has 2 heterocycles. The van der Waals surface area contributed by atoms with Crippen LogP contribution in [0.4, 0.5) is 0 Å². The van der Waals surface area contributed by atoms with Crippen LogP contribution < -0.4 is 98.5 Å². The molecule has 0 aliphatic carbocycles. The van der Waals surface area contributed by atoms with Crippen molar-refractivity contribution in [2.24, 2.45) is 0 Å². The minimum absolute atomic E-state index is 0. The number of amides is 2. The summed E-state index contributed by atoms with van der Waals surface area (Å²) >= 11 is 0. The van der Waals surface area contributed by atoms with Crippen molar-refractivity contribution in [2.75, 3.05) is 13.1 Å². The molecule has 2 amide bonds. The number of nitrogens with zero attached hydrogens (tertiary/aromatic N) is 2. The largest absolute Gasteiger partial charge is 1.00 e. The first-order valence-electron chi connectivity index (χ1n) is 12.2. The van der Waals surface area contributed by atoms with Gasteiger partial charge in [0, 0.05) is 37.8 Å². The summed E-state index contributed by atoms with van der Waals surface area (Å²) in [4.78, 5) is 64.2. The molecule has 16 heteroatoms. The van der Waals surface area contributed by atoms with Crippen molar-refractivity contribution in [1.82, 2.24) is 9.80 Å². The van der Waals surface area contributed by atoms with Crippen LogP contribution in [0.25, 0.3) is 0 Å². The van der Waals surface area contributed by atoms with E-state index >= 15 is 0 Å². The predicted molar refractivity (Wildman–Crippen MR) is 135 cm³/mol. The first kappa shape index (κ1) is 50.3. The minimum Gasteiger partial charge on any atom is -0.870 e.